The molecule has 0 fully saturated rings. The van der Waals surface area contributed by atoms with Crippen LogP contribution in [0.2, 0.25) is 0 Å². The molecule has 7 heteroatoms. The lowest BCUT2D eigenvalue weighted by molar-refractivity contribution is -0.115. The first-order chi connectivity index (χ1) is 10.5. The number of hydrogen-bond donors (Lipinski definition) is 2. The van der Waals surface area contributed by atoms with Crippen molar-refractivity contribution in [1.29, 1.82) is 0 Å². The van der Waals surface area contributed by atoms with Crippen LogP contribution in [0.25, 0.3) is 0 Å². The molecule has 0 saturated carbocycles. The minimum absolute atomic E-state index is 0.0185. The van der Waals surface area contributed by atoms with Crippen LogP contribution in [0.15, 0.2) is 23.1 Å². The summed E-state index contributed by atoms with van der Waals surface area (Å²) in [5.41, 5.74) is 2.13. The second-order valence-electron chi connectivity index (χ2n) is 4.97. The van der Waals surface area contributed by atoms with Gasteiger partial charge in [-0.05, 0) is 32.0 Å². The van der Waals surface area contributed by atoms with Gasteiger partial charge in [-0.2, -0.15) is 0 Å². The van der Waals surface area contributed by atoms with E-state index in [2.05, 4.69) is 15.6 Å². The molecule has 0 spiro atoms. The topological polar surface area (TPSA) is 71.1 Å². The van der Waals surface area contributed by atoms with E-state index in [0.29, 0.717) is 22.8 Å². The smallest absolute Gasteiger partial charge is 0.257 e. The summed E-state index contributed by atoms with van der Waals surface area (Å²) in [5.74, 6) is 0.511. The molecule has 1 aromatic carbocycles. The summed E-state index contributed by atoms with van der Waals surface area (Å²) in [6.45, 7) is 3.88. The molecule has 0 saturated heterocycles. The number of anilines is 2. The van der Waals surface area contributed by atoms with Crippen molar-refractivity contribution in [2.45, 2.75) is 25.2 Å². The van der Waals surface area contributed by atoms with E-state index >= 15 is 0 Å². The Morgan fingerprint density at radius 1 is 1.36 bits per heavy atom. The van der Waals surface area contributed by atoms with Gasteiger partial charge in [0.2, 0.25) is 5.91 Å². The van der Waals surface area contributed by atoms with E-state index in [0.717, 1.165) is 21.2 Å². The third-order valence-corrected chi connectivity index (χ3v) is 5.42. The molecule has 2 amide bonds. The van der Waals surface area contributed by atoms with Crippen LogP contribution in [0, 0.1) is 13.8 Å². The van der Waals surface area contributed by atoms with Crippen LogP contribution >= 0.6 is 23.1 Å². The molecule has 114 valence electrons. The predicted octanol–water partition coefficient (Wildman–Crippen LogP) is 3.45. The highest BCUT2D eigenvalue weighted by Crippen LogP contribution is 2.31. The van der Waals surface area contributed by atoms with Gasteiger partial charge in [0, 0.05) is 27.5 Å². The molecule has 1 aromatic heterocycles. The minimum Gasteiger partial charge on any atom is -0.325 e. The summed E-state index contributed by atoms with van der Waals surface area (Å²) in [6.07, 6.45) is 0.485. The van der Waals surface area contributed by atoms with Gasteiger partial charge in [0.25, 0.3) is 5.91 Å². The Morgan fingerprint density at radius 3 is 2.91 bits per heavy atom. The van der Waals surface area contributed by atoms with Gasteiger partial charge >= 0.3 is 0 Å². The number of thiazole rings is 1. The quantitative estimate of drug-likeness (QED) is 0.883. The minimum atomic E-state index is -0.222. The first kappa shape index (κ1) is 15.1. The lowest BCUT2D eigenvalue weighted by Gasteiger charge is -2.08. The summed E-state index contributed by atoms with van der Waals surface area (Å²) in [5, 5.41) is 6.24. The van der Waals surface area contributed by atoms with Gasteiger partial charge < -0.3 is 5.32 Å². The summed E-state index contributed by atoms with van der Waals surface area (Å²) < 4.78 is 0. The average molecular weight is 333 g/mol. The number of benzene rings is 1. The lowest BCUT2D eigenvalue weighted by Crippen LogP contribution is -2.14. The highest BCUT2D eigenvalue weighted by molar-refractivity contribution is 7.99. The van der Waals surface area contributed by atoms with E-state index in [-0.39, 0.29) is 11.8 Å². The maximum Gasteiger partial charge on any atom is 0.257 e. The summed E-state index contributed by atoms with van der Waals surface area (Å²) in [4.78, 5) is 30.3. The highest BCUT2D eigenvalue weighted by atomic mass is 32.2. The molecule has 0 aliphatic carbocycles. The number of aromatic nitrogens is 1. The monoisotopic (exact) mass is 333 g/mol. The van der Waals surface area contributed by atoms with Gasteiger partial charge in [-0.3, -0.25) is 14.9 Å². The summed E-state index contributed by atoms with van der Waals surface area (Å²) in [6, 6.07) is 5.36. The van der Waals surface area contributed by atoms with Crippen molar-refractivity contribution in [2.75, 3.05) is 16.4 Å². The van der Waals surface area contributed by atoms with Crippen molar-refractivity contribution >= 4 is 45.7 Å². The molecule has 2 aromatic rings. The standard InChI is InChI=1S/C15H15N3O2S2/c1-8-9(2)22-15(16-8)18-14(20)10-3-4-12-11(7-10)17-13(19)5-6-21-12/h3-4,7H,5-6H2,1-2H3,(H,17,19)(H,16,18,20). The van der Waals surface area contributed by atoms with Gasteiger partial charge in [-0.25, -0.2) is 4.98 Å². The maximum atomic E-state index is 12.3. The zero-order valence-electron chi connectivity index (χ0n) is 12.2. The Bertz CT molecular complexity index is 736. The Balaban J connectivity index is 1.82. The highest BCUT2D eigenvalue weighted by Gasteiger charge is 2.16. The number of rotatable bonds is 2. The molecule has 5 nitrogen and oxygen atoms in total. The first-order valence-electron chi connectivity index (χ1n) is 6.85. The van der Waals surface area contributed by atoms with E-state index in [1.807, 2.05) is 19.9 Å². The number of nitrogens with one attached hydrogen (secondary N) is 2. The van der Waals surface area contributed by atoms with Crippen molar-refractivity contribution in [3.05, 3.63) is 34.3 Å². The third kappa shape index (κ3) is 3.15. The van der Waals surface area contributed by atoms with Crippen LogP contribution < -0.4 is 10.6 Å². The van der Waals surface area contributed by atoms with Crippen LogP contribution in [0.4, 0.5) is 10.8 Å². The summed E-state index contributed by atoms with van der Waals surface area (Å²) >= 11 is 3.07. The van der Waals surface area contributed by atoms with Gasteiger partial charge in [0.15, 0.2) is 5.13 Å². The number of thioether (sulfide) groups is 1. The van der Waals surface area contributed by atoms with Crippen LogP contribution in [-0.2, 0) is 4.79 Å². The summed E-state index contributed by atoms with van der Waals surface area (Å²) in [7, 11) is 0. The zero-order chi connectivity index (χ0) is 15.7. The molecule has 1 aliphatic heterocycles. The number of carbonyl (C=O) groups excluding carboxylic acids is 2. The fourth-order valence-corrected chi connectivity index (χ4v) is 3.80. The normalized spacial score (nSPS) is 14.0. The molecule has 3 rings (SSSR count). The van der Waals surface area contributed by atoms with Gasteiger partial charge in [0.05, 0.1) is 11.4 Å². The second-order valence-corrected chi connectivity index (χ2v) is 7.31. The molecular weight excluding hydrogens is 318 g/mol. The predicted molar refractivity (Wildman–Crippen MR) is 90.0 cm³/mol. The maximum absolute atomic E-state index is 12.3. The van der Waals surface area contributed by atoms with Crippen molar-refractivity contribution in [2.24, 2.45) is 0 Å². The van der Waals surface area contributed by atoms with E-state index < -0.39 is 0 Å². The molecule has 22 heavy (non-hydrogen) atoms. The number of fused-ring (bicyclic) bond motifs is 1. The first-order valence-corrected chi connectivity index (χ1v) is 8.65. The number of carbonyl (C=O) groups is 2. The van der Waals surface area contributed by atoms with Crippen LogP contribution in [-0.4, -0.2) is 22.6 Å². The van der Waals surface area contributed by atoms with Crippen molar-refractivity contribution in [1.82, 2.24) is 4.98 Å². The lowest BCUT2D eigenvalue weighted by atomic mass is 10.2. The Hall–Kier alpha value is -1.86. The Kier molecular flexibility index (Phi) is 4.17. The number of amides is 2. The third-order valence-electron chi connectivity index (χ3n) is 3.35. The molecule has 0 bridgehead atoms. The average Bonchev–Trinajstić information content (AvgIpc) is 2.68. The zero-order valence-corrected chi connectivity index (χ0v) is 13.9. The van der Waals surface area contributed by atoms with Gasteiger partial charge in [0.1, 0.15) is 0 Å². The Labute approximate surface area is 136 Å². The van der Waals surface area contributed by atoms with E-state index in [9.17, 15) is 9.59 Å². The molecule has 1 aliphatic rings. The van der Waals surface area contributed by atoms with Crippen LogP contribution in [0.5, 0.6) is 0 Å². The molecule has 0 radical (unpaired) electrons. The molecule has 2 heterocycles. The fourth-order valence-electron chi connectivity index (χ4n) is 2.06. The van der Waals surface area contributed by atoms with Crippen molar-refractivity contribution in [3.63, 3.8) is 0 Å². The van der Waals surface area contributed by atoms with Crippen molar-refractivity contribution in [3.8, 4) is 0 Å². The van der Waals surface area contributed by atoms with E-state index in [4.69, 9.17) is 0 Å². The van der Waals surface area contributed by atoms with E-state index in [1.165, 1.54) is 11.3 Å². The second kappa shape index (κ2) is 6.10. The SMILES string of the molecule is Cc1nc(NC(=O)c2ccc3c(c2)NC(=O)CCS3)sc1C. The Morgan fingerprint density at radius 2 is 2.18 bits per heavy atom. The van der Waals surface area contributed by atoms with E-state index in [1.54, 1.807) is 23.9 Å². The molecule has 2 N–H and O–H groups in total. The van der Waals surface area contributed by atoms with Gasteiger partial charge in [-0.15, -0.1) is 23.1 Å². The largest absolute Gasteiger partial charge is 0.325 e. The number of hydrogen-bond acceptors (Lipinski definition) is 5. The molecule has 0 atom stereocenters. The van der Waals surface area contributed by atoms with Gasteiger partial charge in [-0.1, -0.05) is 0 Å². The van der Waals surface area contributed by atoms with Crippen molar-refractivity contribution < 1.29 is 9.59 Å². The molecular formula is C15H15N3O2S2. The number of aryl methyl sites for hydroxylation is 2. The number of nitrogens with zero attached hydrogens (tertiary/aromatic N) is 1. The van der Waals surface area contributed by atoms with Crippen LogP contribution in [0.1, 0.15) is 27.3 Å². The fraction of sp³-hybridized carbons (Fsp3) is 0.267. The van der Waals surface area contributed by atoms with Crippen LogP contribution in [0.3, 0.4) is 0 Å². The molecule has 0 unspecified atom stereocenters.